The number of amides is 1. The monoisotopic (exact) mass is 753 g/mol. The highest BCUT2D eigenvalue weighted by atomic mass is 35.5. The number of nitrogens with zero attached hydrogens (tertiary/aromatic N) is 4. The van der Waals surface area contributed by atoms with Gasteiger partial charge in [-0.2, -0.15) is 13.2 Å². The van der Waals surface area contributed by atoms with Crippen molar-refractivity contribution in [3.05, 3.63) is 96.2 Å². The van der Waals surface area contributed by atoms with E-state index in [1.165, 1.54) is 20.2 Å². The summed E-state index contributed by atoms with van der Waals surface area (Å²) in [4.78, 5) is 46.0. The molecule has 3 N–H and O–H groups in total. The standard InChI is InChI=1S/C36H32Cl2F3N7O4/c1-47-25-15-26(36(39,40)41)46-32(29(25)34(50)48(2)35(47)51)44-23-9-5-7-20(31(23)38)19-6-4-8-21(30(19)37)24-14-17-10-12-22(28(17)33(45-24)52-3)42-16-18-11-13-27(49)43-18/h4-9,14-15,18,22,42H,10-13,16H2,1-3H3,(H,43,49)(H,44,46)/t18-,22?/m1/s1. The van der Waals surface area contributed by atoms with E-state index in [9.17, 15) is 27.6 Å². The summed E-state index contributed by atoms with van der Waals surface area (Å²) in [6, 6.07) is 13.0. The van der Waals surface area contributed by atoms with Crippen molar-refractivity contribution in [1.82, 2.24) is 29.7 Å². The van der Waals surface area contributed by atoms with Crippen LogP contribution in [0.25, 0.3) is 33.3 Å². The van der Waals surface area contributed by atoms with Gasteiger partial charge in [0.25, 0.3) is 5.56 Å². The first-order valence-electron chi connectivity index (χ1n) is 16.4. The zero-order chi connectivity index (χ0) is 37.1. The zero-order valence-corrected chi connectivity index (χ0v) is 29.6. The molecule has 1 aliphatic heterocycles. The van der Waals surface area contributed by atoms with Gasteiger partial charge in [-0.3, -0.25) is 18.7 Å². The van der Waals surface area contributed by atoms with Crippen LogP contribution in [0.3, 0.4) is 0 Å². The van der Waals surface area contributed by atoms with Crippen LogP contribution in [0, 0.1) is 0 Å². The number of halogens is 5. The maximum atomic E-state index is 13.9. The number of anilines is 2. The maximum Gasteiger partial charge on any atom is 0.433 e. The largest absolute Gasteiger partial charge is 0.481 e. The van der Waals surface area contributed by atoms with Crippen LogP contribution in [0.2, 0.25) is 10.0 Å². The number of aryl methyl sites for hydroxylation is 2. The minimum absolute atomic E-state index is 0.00774. The number of carbonyl (C=O) groups excluding carboxylic acids is 1. The molecule has 0 radical (unpaired) electrons. The van der Waals surface area contributed by atoms with Crippen LogP contribution in [0.1, 0.15) is 42.1 Å². The third-order valence-corrected chi connectivity index (χ3v) is 10.4. The van der Waals surface area contributed by atoms with Crippen LogP contribution in [-0.2, 0) is 31.5 Å². The van der Waals surface area contributed by atoms with Crippen LogP contribution < -0.4 is 31.9 Å². The summed E-state index contributed by atoms with van der Waals surface area (Å²) in [6.45, 7) is 0.639. The first-order chi connectivity index (χ1) is 24.8. The van der Waals surface area contributed by atoms with Crippen LogP contribution in [0.15, 0.2) is 58.1 Å². The number of carbonyl (C=O) groups is 1. The van der Waals surface area contributed by atoms with Gasteiger partial charge in [0, 0.05) is 61.4 Å². The molecular weight excluding hydrogens is 722 g/mol. The maximum absolute atomic E-state index is 13.9. The number of rotatable bonds is 8. The number of hydrogen-bond acceptors (Lipinski definition) is 8. The number of hydrogen-bond donors (Lipinski definition) is 3. The molecule has 1 fully saturated rings. The number of aromatic nitrogens is 4. The molecule has 0 bridgehead atoms. The van der Waals surface area contributed by atoms with Gasteiger partial charge in [0.1, 0.15) is 16.9 Å². The molecule has 0 spiro atoms. The van der Waals surface area contributed by atoms with Gasteiger partial charge in [-0.25, -0.2) is 14.8 Å². The third kappa shape index (κ3) is 6.28. The highest BCUT2D eigenvalue weighted by Gasteiger charge is 2.35. The molecule has 3 aromatic heterocycles. The molecule has 270 valence electrons. The minimum atomic E-state index is -4.87. The van der Waals surface area contributed by atoms with Gasteiger partial charge in [-0.1, -0.05) is 53.5 Å². The number of fused-ring (bicyclic) bond motifs is 2. The fraction of sp³-hybridized carbons (Fsp3) is 0.306. The summed E-state index contributed by atoms with van der Waals surface area (Å²) >= 11 is 14.0. The van der Waals surface area contributed by atoms with Gasteiger partial charge in [0.2, 0.25) is 11.8 Å². The van der Waals surface area contributed by atoms with Crippen molar-refractivity contribution >= 4 is 51.5 Å². The lowest BCUT2D eigenvalue weighted by Gasteiger charge is -2.20. The summed E-state index contributed by atoms with van der Waals surface area (Å²) < 4.78 is 49.4. The van der Waals surface area contributed by atoms with Crippen molar-refractivity contribution in [3.63, 3.8) is 0 Å². The van der Waals surface area contributed by atoms with E-state index in [2.05, 4.69) is 20.9 Å². The van der Waals surface area contributed by atoms with Crippen molar-refractivity contribution in [3.8, 4) is 28.3 Å². The Morgan fingerprint density at radius 2 is 1.65 bits per heavy atom. The Bertz CT molecular complexity index is 2400. The van der Waals surface area contributed by atoms with E-state index >= 15 is 0 Å². The fourth-order valence-corrected chi connectivity index (χ4v) is 7.55. The molecule has 11 nitrogen and oxygen atoms in total. The Balaban J connectivity index is 1.25. The van der Waals surface area contributed by atoms with Gasteiger partial charge in [0.15, 0.2) is 0 Å². The number of ether oxygens (including phenoxy) is 1. The van der Waals surface area contributed by atoms with Gasteiger partial charge in [0.05, 0.1) is 34.1 Å². The van der Waals surface area contributed by atoms with Gasteiger partial charge >= 0.3 is 11.9 Å². The predicted molar refractivity (Wildman–Crippen MR) is 192 cm³/mol. The normalized spacial score (nSPS) is 17.0. The lowest BCUT2D eigenvalue weighted by Crippen LogP contribution is -2.37. The molecule has 1 unspecified atom stereocenters. The topological polar surface area (TPSA) is 132 Å². The summed E-state index contributed by atoms with van der Waals surface area (Å²) in [6.07, 6.45) is -1.94. The van der Waals surface area contributed by atoms with E-state index in [1.54, 1.807) is 31.4 Å². The number of alkyl halides is 3. The molecule has 2 aromatic carbocycles. The number of methoxy groups -OCH3 is 1. The Morgan fingerprint density at radius 3 is 2.35 bits per heavy atom. The predicted octanol–water partition coefficient (Wildman–Crippen LogP) is 6.29. The van der Waals surface area contributed by atoms with Gasteiger partial charge in [-0.15, -0.1) is 0 Å². The number of nitrogens with one attached hydrogen (secondary N) is 3. The SMILES string of the molecule is COc1nc(-c2cccc(-c3cccc(Nc4nc(C(F)(F)F)cc5c4c(=O)n(C)c(=O)n5C)c3Cl)c2Cl)cc2c1C(NC[C@H]1CCC(=O)N1)CC2. The van der Waals surface area contributed by atoms with Crippen LogP contribution in [-0.4, -0.2) is 44.7 Å². The molecule has 16 heteroatoms. The minimum Gasteiger partial charge on any atom is -0.481 e. The van der Waals surface area contributed by atoms with Crippen LogP contribution in [0.5, 0.6) is 5.88 Å². The first kappa shape index (κ1) is 35.5. The van der Waals surface area contributed by atoms with E-state index in [0.717, 1.165) is 39.5 Å². The zero-order valence-electron chi connectivity index (χ0n) is 28.1. The molecule has 52 heavy (non-hydrogen) atoms. The lowest BCUT2D eigenvalue weighted by molar-refractivity contribution is -0.141. The second kappa shape index (κ2) is 13.6. The summed E-state index contributed by atoms with van der Waals surface area (Å²) in [5.41, 5.74) is 1.17. The summed E-state index contributed by atoms with van der Waals surface area (Å²) in [7, 11) is 4.07. The molecule has 5 aromatic rings. The van der Waals surface area contributed by atoms with Crippen molar-refractivity contribution in [2.75, 3.05) is 19.0 Å². The Morgan fingerprint density at radius 1 is 0.942 bits per heavy atom. The molecule has 4 heterocycles. The van der Waals surface area contributed by atoms with Gasteiger partial charge in [-0.05, 0) is 43.0 Å². The molecule has 2 atom stereocenters. The smallest absolute Gasteiger partial charge is 0.433 e. The van der Waals surface area contributed by atoms with E-state index < -0.39 is 28.9 Å². The third-order valence-electron chi connectivity index (χ3n) is 9.61. The highest BCUT2D eigenvalue weighted by molar-refractivity contribution is 6.39. The molecule has 7 rings (SSSR count). The lowest BCUT2D eigenvalue weighted by atomic mass is 9.99. The van der Waals surface area contributed by atoms with E-state index in [1.807, 2.05) is 12.1 Å². The molecule has 1 amide bonds. The van der Waals surface area contributed by atoms with Crippen molar-refractivity contribution in [2.45, 2.75) is 43.9 Å². The summed E-state index contributed by atoms with van der Waals surface area (Å²) in [5, 5.41) is 9.57. The average molecular weight is 755 g/mol. The Hall–Kier alpha value is -4.92. The molecule has 2 aliphatic rings. The van der Waals surface area contributed by atoms with Crippen molar-refractivity contribution in [1.29, 1.82) is 0 Å². The summed E-state index contributed by atoms with van der Waals surface area (Å²) in [5.74, 6) is 0.108. The molecule has 1 saturated heterocycles. The molecule has 0 saturated carbocycles. The molecule has 1 aliphatic carbocycles. The second-order valence-corrected chi connectivity index (χ2v) is 13.6. The van der Waals surface area contributed by atoms with Crippen molar-refractivity contribution in [2.24, 2.45) is 14.1 Å². The molecular formula is C36H32Cl2F3N7O4. The highest BCUT2D eigenvalue weighted by Crippen LogP contribution is 2.44. The number of pyridine rings is 2. The van der Waals surface area contributed by atoms with E-state index in [-0.39, 0.29) is 39.6 Å². The first-order valence-corrected chi connectivity index (χ1v) is 17.2. The van der Waals surface area contributed by atoms with E-state index in [4.69, 9.17) is 32.9 Å². The average Bonchev–Trinajstić information content (AvgIpc) is 3.74. The van der Waals surface area contributed by atoms with Crippen LogP contribution >= 0.6 is 23.2 Å². The Labute approximate surface area is 304 Å². The quantitative estimate of drug-likeness (QED) is 0.169. The fourth-order valence-electron chi connectivity index (χ4n) is 6.95. The number of benzene rings is 2. The van der Waals surface area contributed by atoms with Crippen molar-refractivity contribution < 1.29 is 22.7 Å². The Kier molecular flexibility index (Phi) is 9.26. The van der Waals surface area contributed by atoms with Crippen LogP contribution in [0.4, 0.5) is 24.7 Å². The van der Waals surface area contributed by atoms with Gasteiger partial charge < -0.3 is 20.7 Å². The second-order valence-electron chi connectivity index (χ2n) is 12.8. The van der Waals surface area contributed by atoms with E-state index in [0.29, 0.717) is 52.3 Å².